The molecule has 3 aromatic rings. The van der Waals surface area contributed by atoms with Gasteiger partial charge in [0.1, 0.15) is 0 Å². The zero-order valence-electron chi connectivity index (χ0n) is 14.1. The van der Waals surface area contributed by atoms with Crippen LogP contribution < -0.4 is 14.9 Å². The van der Waals surface area contributed by atoms with E-state index in [-0.39, 0.29) is 18.4 Å². The maximum absolute atomic E-state index is 12.3. The lowest BCUT2D eigenvalue weighted by molar-refractivity contribution is -0.384. The van der Waals surface area contributed by atoms with Crippen LogP contribution in [0.4, 0.5) is 5.69 Å². The summed E-state index contributed by atoms with van der Waals surface area (Å²) in [7, 11) is 0. The van der Waals surface area contributed by atoms with Gasteiger partial charge in [-0.05, 0) is 36.8 Å². The minimum Gasteiger partial charge on any atom is -0.454 e. The van der Waals surface area contributed by atoms with E-state index in [2.05, 4.69) is 10.5 Å². The van der Waals surface area contributed by atoms with E-state index < -0.39 is 4.92 Å². The molecule has 27 heavy (non-hydrogen) atoms. The molecule has 0 aliphatic carbocycles. The van der Waals surface area contributed by atoms with Gasteiger partial charge in [0, 0.05) is 27.8 Å². The fourth-order valence-corrected chi connectivity index (χ4v) is 3.60. The first kappa shape index (κ1) is 17.0. The van der Waals surface area contributed by atoms with Crippen LogP contribution >= 0.6 is 11.3 Å². The second-order valence-corrected chi connectivity index (χ2v) is 6.93. The number of fused-ring (bicyclic) bond motifs is 2. The highest BCUT2D eigenvalue weighted by atomic mass is 32.1. The van der Waals surface area contributed by atoms with E-state index in [0.29, 0.717) is 21.8 Å². The van der Waals surface area contributed by atoms with Crippen molar-refractivity contribution in [3.8, 4) is 11.5 Å². The molecular weight excluding hydrogens is 370 g/mol. The molecule has 4 rings (SSSR count). The molecule has 1 aliphatic heterocycles. The highest BCUT2D eigenvalue weighted by Gasteiger charge is 2.15. The topological polar surface area (TPSA) is 103 Å². The zero-order chi connectivity index (χ0) is 19.0. The summed E-state index contributed by atoms with van der Waals surface area (Å²) < 4.78 is 11.4. The zero-order valence-corrected chi connectivity index (χ0v) is 14.9. The number of hydrogen-bond donors (Lipinski definition) is 1. The van der Waals surface area contributed by atoms with Crippen molar-refractivity contribution in [1.82, 2.24) is 5.43 Å². The Bertz CT molecular complexity index is 1110. The fraction of sp³-hybridized carbons (Fsp3) is 0.111. The van der Waals surface area contributed by atoms with Gasteiger partial charge in [-0.25, -0.2) is 5.43 Å². The van der Waals surface area contributed by atoms with E-state index in [9.17, 15) is 14.9 Å². The number of thiophene rings is 1. The summed E-state index contributed by atoms with van der Waals surface area (Å²) in [5.74, 6) is 0.945. The largest absolute Gasteiger partial charge is 0.454 e. The highest BCUT2D eigenvalue weighted by molar-refractivity contribution is 7.20. The molecule has 0 saturated carbocycles. The van der Waals surface area contributed by atoms with Crippen LogP contribution in [0.5, 0.6) is 11.5 Å². The van der Waals surface area contributed by atoms with E-state index in [1.807, 2.05) is 13.0 Å². The van der Waals surface area contributed by atoms with Gasteiger partial charge in [0.15, 0.2) is 11.5 Å². The summed E-state index contributed by atoms with van der Waals surface area (Å²) in [6.07, 6.45) is 1.54. The average molecular weight is 383 g/mol. The first-order chi connectivity index (χ1) is 13.0. The van der Waals surface area contributed by atoms with Gasteiger partial charge in [-0.3, -0.25) is 14.9 Å². The molecule has 0 fully saturated rings. The molecule has 136 valence electrons. The van der Waals surface area contributed by atoms with Crippen LogP contribution in [0, 0.1) is 17.0 Å². The van der Waals surface area contributed by atoms with E-state index in [0.717, 1.165) is 15.8 Å². The Morgan fingerprint density at radius 3 is 2.81 bits per heavy atom. The molecule has 2 heterocycles. The van der Waals surface area contributed by atoms with Gasteiger partial charge >= 0.3 is 0 Å². The Morgan fingerprint density at radius 1 is 1.26 bits per heavy atom. The second-order valence-electron chi connectivity index (χ2n) is 5.85. The lowest BCUT2D eigenvalue weighted by Crippen LogP contribution is -2.16. The number of nitrogens with one attached hydrogen (secondary N) is 1. The molecule has 0 unspecified atom stereocenters. The van der Waals surface area contributed by atoms with Gasteiger partial charge in [-0.2, -0.15) is 5.10 Å². The number of non-ortho nitro benzene ring substituents is 1. The van der Waals surface area contributed by atoms with Gasteiger partial charge < -0.3 is 9.47 Å². The number of hydrogen-bond acceptors (Lipinski definition) is 7. The molecule has 1 aromatic heterocycles. The molecular formula is C18H13N3O5S. The predicted molar refractivity (Wildman–Crippen MR) is 101 cm³/mol. The van der Waals surface area contributed by atoms with Crippen molar-refractivity contribution in [2.75, 3.05) is 6.79 Å². The Morgan fingerprint density at radius 2 is 2.04 bits per heavy atom. The summed E-state index contributed by atoms with van der Waals surface area (Å²) in [5.41, 5.74) is 4.20. The molecule has 1 aliphatic rings. The Labute approximate surface area is 157 Å². The number of nitro benzene ring substituents is 1. The van der Waals surface area contributed by atoms with E-state index in [4.69, 9.17) is 9.47 Å². The van der Waals surface area contributed by atoms with Gasteiger partial charge in [0.25, 0.3) is 11.6 Å². The molecule has 8 nitrogen and oxygen atoms in total. The number of carbonyl (C=O) groups excluding carboxylic acids is 1. The first-order valence-electron chi connectivity index (χ1n) is 7.93. The third-order valence-electron chi connectivity index (χ3n) is 4.07. The average Bonchev–Trinajstić information content (AvgIpc) is 3.27. The van der Waals surface area contributed by atoms with Crippen LogP contribution in [0.2, 0.25) is 0 Å². The highest BCUT2D eigenvalue weighted by Crippen LogP contribution is 2.34. The standard InChI is InChI=1S/C18H13N3O5S/c1-10-4-14-15(26-9-25-14)6-12(10)8-19-20-18(22)17-7-11-5-13(21(23)24)2-3-16(11)27-17/h2-8H,9H2,1H3,(H,20,22). The maximum Gasteiger partial charge on any atom is 0.281 e. The minimum atomic E-state index is -0.463. The van der Waals surface area contributed by atoms with Crippen molar-refractivity contribution in [3.63, 3.8) is 0 Å². The van der Waals surface area contributed by atoms with Gasteiger partial charge in [-0.15, -0.1) is 11.3 Å². The molecule has 0 radical (unpaired) electrons. The fourth-order valence-electron chi connectivity index (χ4n) is 2.67. The quantitative estimate of drug-likeness (QED) is 0.421. The van der Waals surface area contributed by atoms with Crippen molar-refractivity contribution in [3.05, 3.63) is 62.5 Å². The number of benzene rings is 2. The Balaban J connectivity index is 1.50. The monoisotopic (exact) mass is 383 g/mol. The third-order valence-corrected chi connectivity index (χ3v) is 5.18. The second kappa shape index (κ2) is 6.69. The molecule has 2 aromatic carbocycles. The number of aryl methyl sites for hydroxylation is 1. The molecule has 1 amide bonds. The van der Waals surface area contributed by atoms with Crippen molar-refractivity contribution in [2.24, 2.45) is 5.10 Å². The molecule has 9 heteroatoms. The summed E-state index contributed by atoms with van der Waals surface area (Å²) in [6.45, 7) is 2.10. The number of nitrogens with zero attached hydrogens (tertiary/aromatic N) is 2. The van der Waals surface area contributed by atoms with Crippen LogP contribution in [0.25, 0.3) is 10.1 Å². The molecule has 0 atom stereocenters. The molecule has 1 N–H and O–H groups in total. The Hall–Kier alpha value is -3.46. The summed E-state index contributed by atoms with van der Waals surface area (Å²) in [5, 5.41) is 15.5. The van der Waals surface area contributed by atoms with Crippen LogP contribution in [0.3, 0.4) is 0 Å². The van der Waals surface area contributed by atoms with Crippen molar-refractivity contribution >= 4 is 39.2 Å². The third kappa shape index (κ3) is 3.32. The van der Waals surface area contributed by atoms with Crippen LogP contribution in [0.1, 0.15) is 20.8 Å². The van der Waals surface area contributed by atoms with Crippen LogP contribution in [-0.4, -0.2) is 23.8 Å². The SMILES string of the molecule is Cc1cc2c(cc1C=NNC(=O)c1cc3cc([N+](=O)[O-])ccc3s1)OCO2. The normalized spacial score (nSPS) is 12.6. The summed E-state index contributed by atoms with van der Waals surface area (Å²) >= 11 is 1.25. The van der Waals surface area contributed by atoms with E-state index in [1.165, 1.54) is 29.7 Å². The van der Waals surface area contributed by atoms with Gasteiger partial charge in [-0.1, -0.05) is 0 Å². The van der Waals surface area contributed by atoms with E-state index in [1.54, 1.807) is 18.2 Å². The number of ether oxygens (including phenoxy) is 2. The number of amides is 1. The van der Waals surface area contributed by atoms with Gasteiger partial charge in [0.05, 0.1) is 16.0 Å². The van der Waals surface area contributed by atoms with Crippen molar-refractivity contribution in [1.29, 1.82) is 0 Å². The molecule has 0 bridgehead atoms. The first-order valence-corrected chi connectivity index (χ1v) is 8.74. The number of hydrazone groups is 1. The van der Waals surface area contributed by atoms with Crippen LogP contribution in [-0.2, 0) is 0 Å². The summed E-state index contributed by atoms with van der Waals surface area (Å²) in [4.78, 5) is 23.1. The van der Waals surface area contributed by atoms with Gasteiger partial charge in [0.2, 0.25) is 6.79 Å². The minimum absolute atomic E-state index is 0.0106. The smallest absolute Gasteiger partial charge is 0.281 e. The lowest BCUT2D eigenvalue weighted by Gasteiger charge is -2.02. The number of carbonyl (C=O) groups is 1. The molecule has 0 spiro atoms. The predicted octanol–water partition coefficient (Wildman–Crippen LogP) is 3.61. The maximum atomic E-state index is 12.3. The van der Waals surface area contributed by atoms with E-state index >= 15 is 0 Å². The number of nitro groups is 1. The van der Waals surface area contributed by atoms with Crippen LogP contribution in [0.15, 0.2) is 41.5 Å². The van der Waals surface area contributed by atoms with Crippen molar-refractivity contribution in [2.45, 2.75) is 6.92 Å². The Kier molecular flexibility index (Phi) is 4.21. The number of rotatable bonds is 4. The summed E-state index contributed by atoms with van der Waals surface area (Å²) in [6, 6.07) is 9.76. The van der Waals surface area contributed by atoms with Crippen molar-refractivity contribution < 1.29 is 19.2 Å². The lowest BCUT2D eigenvalue weighted by atomic mass is 10.1. The molecule has 0 saturated heterocycles.